The van der Waals surface area contributed by atoms with Crippen LogP contribution in [0, 0.1) is 0 Å². The van der Waals surface area contributed by atoms with Gasteiger partial charge in [0.25, 0.3) is 0 Å². The number of ether oxygens (including phenoxy) is 1. The zero-order chi connectivity index (χ0) is 13.8. The van der Waals surface area contributed by atoms with Crippen LogP contribution in [0.4, 0.5) is 0 Å². The number of hydrogen-bond acceptors (Lipinski definition) is 4. The highest BCUT2D eigenvalue weighted by Crippen LogP contribution is 2.13. The number of carbonyl (C=O) groups is 1. The predicted molar refractivity (Wildman–Crippen MR) is 71.6 cm³/mol. The highest BCUT2D eigenvalue weighted by atomic mass is 16.5. The summed E-state index contributed by atoms with van der Waals surface area (Å²) in [5.41, 5.74) is 2.07. The van der Waals surface area contributed by atoms with Gasteiger partial charge in [-0.2, -0.15) is 0 Å². The minimum atomic E-state index is -0.181. The Kier molecular flexibility index (Phi) is 4.55. The quantitative estimate of drug-likeness (QED) is 0.804. The van der Waals surface area contributed by atoms with E-state index in [1.165, 1.54) is 0 Å². The van der Waals surface area contributed by atoms with Crippen molar-refractivity contribution in [1.29, 1.82) is 0 Å². The molecule has 0 saturated carbocycles. The first-order chi connectivity index (χ1) is 9.08. The van der Waals surface area contributed by atoms with E-state index in [2.05, 4.69) is 15.3 Å². The molecule has 1 unspecified atom stereocenters. The first-order valence-corrected chi connectivity index (χ1v) is 6.69. The third kappa shape index (κ3) is 3.54. The summed E-state index contributed by atoms with van der Waals surface area (Å²) < 4.78 is 5.46. The predicted octanol–water partition coefficient (Wildman–Crippen LogP) is 0.307. The van der Waals surface area contributed by atoms with Gasteiger partial charge in [-0.3, -0.25) is 10.1 Å². The van der Waals surface area contributed by atoms with Gasteiger partial charge in [-0.05, 0) is 13.8 Å². The summed E-state index contributed by atoms with van der Waals surface area (Å²) in [6.45, 7) is 5.83. The number of rotatable bonds is 5. The lowest BCUT2D eigenvalue weighted by atomic mass is 10.0. The molecule has 0 spiro atoms. The van der Waals surface area contributed by atoms with Crippen LogP contribution in [0.15, 0.2) is 6.33 Å². The van der Waals surface area contributed by atoms with E-state index in [9.17, 15) is 4.79 Å². The fraction of sp³-hybridized carbons (Fsp3) is 0.692. The molecule has 1 aliphatic rings. The van der Waals surface area contributed by atoms with Crippen LogP contribution >= 0.6 is 0 Å². The van der Waals surface area contributed by atoms with Crippen molar-refractivity contribution in [3.05, 3.63) is 17.7 Å². The number of likely N-dealkylation sites (N-methyl/N-ethyl adjacent to an activating group) is 1. The van der Waals surface area contributed by atoms with Gasteiger partial charge in [-0.15, -0.1) is 0 Å². The summed E-state index contributed by atoms with van der Waals surface area (Å²) in [6, 6.07) is -0.181. The van der Waals surface area contributed by atoms with Gasteiger partial charge in [0, 0.05) is 26.6 Å². The first kappa shape index (κ1) is 14.0. The summed E-state index contributed by atoms with van der Waals surface area (Å²) in [6.07, 6.45) is 2.52. The van der Waals surface area contributed by atoms with E-state index in [0.29, 0.717) is 26.1 Å². The van der Waals surface area contributed by atoms with E-state index < -0.39 is 0 Å². The maximum Gasteiger partial charge on any atom is 0.239 e. The second kappa shape index (κ2) is 6.16. The van der Waals surface area contributed by atoms with Crippen molar-refractivity contribution in [3.63, 3.8) is 0 Å². The molecule has 1 amide bonds. The van der Waals surface area contributed by atoms with Gasteiger partial charge in [0.1, 0.15) is 0 Å². The van der Waals surface area contributed by atoms with E-state index in [1.54, 1.807) is 11.2 Å². The summed E-state index contributed by atoms with van der Waals surface area (Å²) in [5.74, 6) is 0.0982. The lowest BCUT2D eigenvalue weighted by Crippen LogP contribution is -2.49. The molecule has 0 radical (unpaired) electrons. The molecule has 19 heavy (non-hydrogen) atoms. The molecule has 106 valence electrons. The standard InChI is InChI=1S/C13H22N4O2/c1-9(2)19-5-4-17(3)13(18)11-6-10-12(7-14-11)16-8-15-10/h8-9,11,14H,4-7H2,1-3H3,(H,15,16). The Morgan fingerprint density at radius 3 is 3.16 bits per heavy atom. The Morgan fingerprint density at radius 1 is 1.63 bits per heavy atom. The van der Waals surface area contributed by atoms with E-state index >= 15 is 0 Å². The summed E-state index contributed by atoms with van der Waals surface area (Å²) in [5, 5.41) is 3.24. The zero-order valence-electron chi connectivity index (χ0n) is 11.8. The third-order valence-corrected chi connectivity index (χ3v) is 3.28. The normalized spacial score (nSPS) is 18.4. The highest BCUT2D eigenvalue weighted by molar-refractivity contribution is 5.82. The Labute approximate surface area is 113 Å². The molecule has 6 nitrogen and oxygen atoms in total. The molecular formula is C13H22N4O2. The molecule has 1 aromatic rings. The molecule has 1 aliphatic heterocycles. The van der Waals surface area contributed by atoms with Gasteiger partial charge in [0.2, 0.25) is 5.91 Å². The van der Waals surface area contributed by atoms with E-state index in [1.807, 2.05) is 20.9 Å². The van der Waals surface area contributed by atoms with Crippen molar-refractivity contribution < 1.29 is 9.53 Å². The largest absolute Gasteiger partial charge is 0.377 e. The summed E-state index contributed by atoms with van der Waals surface area (Å²) in [4.78, 5) is 21.3. The average Bonchev–Trinajstić information content (AvgIpc) is 2.84. The molecule has 6 heteroatoms. The number of amides is 1. The van der Waals surface area contributed by atoms with Crippen molar-refractivity contribution in [3.8, 4) is 0 Å². The van der Waals surface area contributed by atoms with Crippen LogP contribution in [0.5, 0.6) is 0 Å². The second-order valence-electron chi connectivity index (χ2n) is 5.14. The van der Waals surface area contributed by atoms with Crippen LogP contribution in [-0.2, 0) is 22.5 Å². The number of hydrogen-bond donors (Lipinski definition) is 2. The minimum absolute atomic E-state index is 0.0982. The minimum Gasteiger partial charge on any atom is -0.377 e. The number of nitrogens with zero attached hydrogens (tertiary/aromatic N) is 2. The fourth-order valence-electron chi connectivity index (χ4n) is 2.15. The Balaban J connectivity index is 1.83. The van der Waals surface area contributed by atoms with E-state index in [4.69, 9.17) is 4.74 Å². The van der Waals surface area contributed by atoms with Crippen LogP contribution in [0.25, 0.3) is 0 Å². The van der Waals surface area contributed by atoms with E-state index in [0.717, 1.165) is 11.4 Å². The Bertz CT molecular complexity index is 430. The summed E-state index contributed by atoms with van der Waals surface area (Å²) >= 11 is 0. The van der Waals surface area contributed by atoms with Crippen molar-refractivity contribution in [2.24, 2.45) is 0 Å². The average molecular weight is 266 g/mol. The molecule has 1 aromatic heterocycles. The Hall–Kier alpha value is -1.40. The number of aromatic nitrogens is 2. The van der Waals surface area contributed by atoms with Gasteiger partial charge >= 0.3 is 0 Å². The van der Waals surface area contributed by atoms with Crippen LogP contribution in [-0.4, -0.2) is 53.1 Å². The zero-order valence-corrected chi connectivity index (χ0v) is 11.8. The molecule has 2 heterocycles. The molecule has 1 atom stereocenters. The number of fused-ring (bicyclic) bond motifs is 1. The second-order valence-corrected chi connectivity index (χ2v) is 5.14. The lowest BCUT2D eigenvalue weighted by Gasteiger charge is -2.27. The number of nitrogens with one attached hydrogen (secondary N) is 2. The smallest absolute Gasteiger partial charge is 0.239 e. The molecule has 0 saturated heterocycles. The SMILES string of the molecule is CC(C)OCCN(C)C(=O)C1Cc2nc[nH]c2CN1. The van der Waals surface area contributed by atoms with Gasteiger partial charge in [0.15, 0.2) is 0 Å². The third-order valence-electron chi connectivity index (χ3n) is 3.28. The molecule has 2 N–H and O–H groups in total. The highest BCUT2D eigenvalue weighted by Gasteiger charge is 2.27. The monoisotopic (exact) mass is 266 g/mol. The fourth-order valence-corrected chi connectivity index (χ4v) is 2.15. The van der Waals surface area contributed by atoms with Gasteiger partial charge in [0.05, 0.1) is 36.5 Å². The first-order valence-electron chi connectivity index (χ1n) is 6.69. The van der Waals surface area contributed by atoms with Crippen molar-refractivity contribution >= 4 is 5.91 Å². The van der Waals surface area contributed by atoms with Crippen molar-refractivity contribution in [2.75, 3.05) is 20.2 Å². The van der Waals surface area contributed by atoms with Crippen molar-refractivity contribution in [1.82, 2.24) is 20.2 Å². The topological polar surface area (TPSA) is 70.2 Å². The van der Waals surface area contributed by atoms with Gasteiger partial charge in [-0.1, -0.05) is 0 Å². The lowest BCUT2D eigenvalue weighted by molar-refractivity contribution is -0.133. The van der Waals surface area contributed by atoms with Gasteiger partial charge < -0.3 is 14.6 Å². The van der Waals surface area contributed by atoms with Crippen LogP contribution < -0.4 is 5.32 Å². The van der Waals surface area contributed by atoms with Gasteiger partial charge in [-0.25, -0.2) is 4.98 Å². The number of imidazole rings is 1. The Morgan fingerprint density at radius 2 is 2.42 bits per heavy atom. The van der Waals surface area contributed by atoms with Crippen LogP contribution in [0.2, 0.25) is 0 Å². The molecule has 0 aromatic carbocycles. The number of H-pyrrole nitrogens is 1. The maximum absolute atomic E-state index is 12.3. The van der Waals surface area contributed by atoms with Crippen LogP contribution in [0.3, 0.4) is 0 Å². The maximum atomic E-state index is 12.3. The molecule has 0 aliphatic carbocycles. The molecule has 0 bridgehead atoms. The number of aromatic amines is 1. The molecular weight excluding hydrogens is 244 g/mol. The van der Waals surface area contributed by atoms with Crippen molar-refractivity contribution in [2.45, 2.75) is 39.0 Å². The van der Waals surface area contributed by atoms with E-state index in [-0.39, 0.29) is 18.1 Å². The molecule has 0 fully saturated rings. The number of carbonyl (C=O) groups excluding carboxylic acids is 1. The molecule has 2 rings (SSSR count). The summed E-state index contributed by atoms with van der Waals surface area (Å²) in [7, 11) is 1.81. The van der Waals surface area contributed by atoms with Crippen LogP contribution in [0.1, 0.15) is 25.2 Å².